The largest absolute Gasteiger partial charge is 0.360 e. The normalized spacial score (nSPS) is 16.3. The van der Waals surface area contributed by atoms with Crippen LogP contribution in [0.25, 0.3) is 0 Å². The average molecular weight is 225 g/mol. The maximum atomic E-state index is 4.44. The summed E-state index contributed by atoms with van der Waals surface area (Å²) in [5, 5.41) is 4.37. The Hall–Kier alpha value is -0.640. The molecule has 3 nitrogen and oxygen atoms in total. The molecule has 1 aromatic heterocycles. The van der Waals surface area contributed by atoms with E-state index < -0.39 is 0 Å². The van der Waals surface area contributed by atoms with E-state index in [0.29, 0.717) is 0 Å². The number of rotatable bonds is 6. The number of nitrogens with zero attached hydrogens (tertiary/aromatic N) is 2. The Kier molecular flexibility index (Phi) is 3.94. The number of aryl methyl sites for hydroxylation is 1. The molecule has 4 heteroatoms. The van der Waals surface area contributed by atoms with Crippen molar-refractivity contribution in [3.8, 4) is 0 Å². The third kappa shape index (κ3) is 3.16. The molecule has 0 radical (unpaired) electrons. The maximum absolute atomic E-state index is 4.44. The summed E-state index contributed by atoms with van der Waals surface area (Å²) in [6.07, 6.45) is 7.71. The van der Waals surface area contributed by atoms with Gasteiger partial charge >= 0.3 is 0 Å². The molecule has 1 saturated carbocycles. The fourth-order valence-corrected chi connectivity index (χ4v) is 2.45. The van der Waals surface area contributed by atoms with Gasteiger partial charge in [-0.05, 0) is 18.8 Å². The van der Waals surface area contributed by atoms with Crippen LogP contribution in [0.1, 0.15) is 44.9 Å². The molecule has 2 rings (SSSR count). The zero-order valence-corrected chi connectivity index (χ0v) is 10.1. The van der Waals surface area contributed by atoms with E-state index in [9.17, 15) is 0 Å². The lowest BCUT2D eigenvalue weighted by atomic mass is 9.83. The lowest BCUT2D eigenvalue weighted by Gasteiger charge is -2.24. The molecule has 0 amide bonds. The molecule has 1 aliphatic carbocycles. The molecule has 0 aliphatic heterocycles. The number of anilines is 1. The van der Waals surface area contributed by atoms with Crippen molar-refractivity contribution >= 4 is 16.7 Å². The van der Waals surface area contributed by atoms with Gasteiger partial charge in [0.25, 0.3) is 0 Å². The summed E-state index contributed by atoms with van der Waals surface area (Å²) in [5.74, 6) is 1.97. The highest BCUT2D eigenvalue weighted by Crippen LogP contribution is 2.29. The van der Waals surface area contributed by atoms with Gasteiger partial charge in [-0.1, -0.05) is 26.2 Å². The molecule has 0 saturated heterocycles. The molecule has 0 aromatic carbocycles. The standard InChI is InChI=1S/C11H19N3S/c1-2-4-10-13-11(15-14-10)12-8-7-9-5-3-6-9/h9H,2-8H2,1H3,(H,12,13,14). The topological polar surface area (TPSA) is 37.8 Å². The zero-order chi connectivity index (χ0) is 10.5. The molecule has 0 unspecified atom stereocenters. The summed E-state index contributed by atoms with van der Waals surface area (Å²) in [6.45, 7) is 3.22. The van der Waals surface area contributed by atoms with Crippen LogP contribution < -0.4 is 5.32 Å². The van der Waals surface area contributed by atoms with Crippen molar-refractivity contribution in [3.63, 3.8) is 0 Å². The van der Waals surface area contributed by atoms with Crippen molar-refractivity contribution in [1.29, 1.82) is 0 Å². The first-order valence-corrected chi connectivity index (χ1v) is 6.72. The third-order valence-corrected chi connectivity index (χ3v) is 3.71. The van der Waals surface area contributed by atoms with Crippen LogP contribution in [-0.2, 0) is 6.42 Å². The molecule has 84 valence electrons. The predicted octanol–water partition coefficient (Wildman–Crippen LogP) is 3.09. The zero-order valence-electron chi connectivity index (χ0n) is 9.33. The minimum atomic E-state index is 0.973. The second-order valence-corrected chi connectivity index (χ2v) is 5.03. The molecule has 0 bridgehead atoms. The molecular formula is C11H19N3S. The van der Waals surface area contributed by atoms with Crippen molar-refractivity contribution < 1.29 is 0 Å². The quantitative estimate of drug-likeness (QED) is 0.808. The molecule has 15 heavy (non-hydrogen) atoms. The Morgan fingerprint density at radius 3 is 3.00 bits per heavy atom. The second kappa shape index (κ2) is 5.45. The van der Waals surface area contributed by atoms with Crippen LogP contribution in [0, 0.1) is 5.92 Å². The molecule has 0 spiro atoms. The van der Waals surface area contributed by atoms with Crippen molar-refractivity contribution in [1.82, 2.24) is 9.36 Å². The van der Waals surface area contributed by atoms with Crippen molar-refractivity contribution in [2.75, 3.05) is 11.9 Å². The van der Waals surface area contributed by atoms with E-state index >= 15 is 0 Å². The fourth-order valence-electron chi connectivity index (χ4n) is 1.82. The van der Waals surface area contributed by atoms with E-state index in [2.05, 4.69) is 21.6 Å². The van der Waals surface area contributed by atoms with Crippen LogP contribution in [0.15, 0.2) is 0 Å². The minimum Gasteiger partial charge on any atom is -0.360 e. The SMILES string of the molecule is CCCc1nsc(NCCC2CCC2)n1. The van der Waals surface area contributed by atoms with E-state index in [0.717, 1.165) is 36.3 Å². The summed E-state index contributed by atoms with van der Waals surface area (Å²) in [6, 6.07) is 0. The highest BCUT2D eigenvalue weighted by atomic mass is 32.1. The van der Waals surface area contributed by atoms with Gasteiger partial charge in [0, 0.05) is 24.5 Å². The van der Waals surface area contributed by atoms with Crippen LogP contribution in [0.5, 0.6) is 0 Å². The highest BCUT2D eigenvalue weighted by Gasteiger charge is 2.16. The van der Waals surface area contributed by atoms with E-state index in [1.165, 1.54) is 37.2 Å². The predicted molar refractivity (Wildman–Crippen MR) is 64.4 cm³/mol. The molecule has 1 N–H and O–H groups in total. The van der Waals surface area contributed by atoms with E-state index in [4.69, 9.17) is 0 Å². The molecule has 1 aliphatic rings. The van der Waals surface area contributed by atoms with Gasteiger partial charge in [0.1, 0.15) is 5.82 Å². The molecule has 0 atom stereocenters. The summed E-state index contributed by atoms with van der Waals surface area (Å²) >= 11 is 1.49. The lowest BCUT2D eigenvalue weighted by Crippen LogP contribution is -2.15. The van der Waals surface area contributed by atoms with Gasteiger partial charge in [-0.2, -0.15) is 4.37 Å². The first-order chi connectivity index (χ1) is 7.38. The lowest BCUT2D eigenvalue weighted by molar-refractivity contribution is 0.303. The van der Waals surface area contributed by atoms with Gasteiger partial charge in [0.05, 0.1) is 0 Å². The molecular weight excluding hydrogens is 206 g/mol. The van der Waals surface area contributed by atoms with E-state index in [-0.39, 0.29) is 0 Å². The van der Waals surface area contributed by atoms with E-state index in [1.807, 2.05) is 0 Å². The van der Waals surface area contributed by atoms with Crippen molar-refractivity contribution in [2.24, 2.45) is 5.92 Å². The maximum Gasteiger partial charge on any atom is 0.202 e. The number of nitrogens with one attached hydrogen (secondary N) is 1. The van der Waals surface area contributed by atoms with Crippen LogP contribution in [0.3, 0.4) is 0 Å². The summed E-state index contributed by atoms with van der Waals surface area (Å²) < 4.78 is 4.31. The van der Waals surface area contributed by atoms with Gasteiger partial charge in [-0.25, -0.2) is 4.98 Å². The first kappa shape index (κ1) is 10.9. The second-order valence-electron chi connectivity index (χ2n) is 4.28. The molecule has 1 aromatic rings. The first-order valence-electron chi connectivity index (χ1n) is 5.95. The van der Waals surface area contributed by atoms with Gasteiger partial charge in [-0.3, -0.25) is 0 Å². The number of hydrogen-bond acceptors (Lipinski definition) is 4. The molecule has 1 heterocycles. The fraction of sp³-hybridized carbons (Fsp3) is 0.818. The Labute approximate surface area is 95.5 Å². The number of aromatic nitrogens is 2. The molecule has 1 fully saturated rings. The van der Waals surface area contributed by atoms with Gasteiger partial charge < -0.3 is 5.32 Å². The van der Waals surface area contributed by atoms with Crippen LogP contribution in [0.4, 0.5) is 5.13 Å². The van der Waals surface area contributed by atoms with Gasteiger partial charge in [0.15, 0.2) is 0 Å². The Morgan fingerprint density at radius 2 is 2.33 bits per heavy atom. The Balaban J connectivity index is 1.67. The minimum absolute atomic E-state index is 0.973. The van der Waals surface area contributed by atoms with Crippen molar-refractivity contribution in [3.05, 3.63) is 5.82 Å². The summed E-state index contributed by atoms with van der Waals surface area (Å²) in [5.41, 5.74) is 0. The Bertz CT molecular complexity index is 294. The average Bonchev–Trinajstić information content (AvgIpc) is 2.58. The van der Waals surface area contributed by atoms with Crippen LogP contribution >= 0.6 is 11.5 Å². The third-order valence-electron chi connectivity index (χ3n) is 3.00. The monoisotopic (exact) mass is 225 g/mol. The van der Waals surface area contributed by atoms with E-state index in [1.54, 1.807) is 0 Å². The smallest absolute Gasteiger partial charge is 0.202 e. The summed E-state index contributed by atoms with van der Waals surface area (Å²) in [7, 11) is 0. The van der Waals surface area contributed by atoms with Gasteiger partial charge in [0.2, 0.25) is 5.13 Å². The van der Waals surface area contributed by atoms with Crippen molar-refractivity contribution in [2.45, 2.75) is 45.4 Å². The number of hydrogen-bond donors (Lipinski definition) is 1. The summed E-state index contributed by atoms with van der Waals surface area (Å²) in [4.78, 5) is 4.44. The van der Waals surface area contributed by atoms with Crippen LogP contribution in [-0.4, -0.2) is 15.9 Å². The Morgan fingerprint density at radius 1 is 1.47 bits per heavy atom. The highest BCUT2D eigenvalue weighted by molar-refractivity contribution is 7.09. The van der Waals surface area contributed by atoms with Crippen LogP contribution in [0.2, 0.25) is 0 Å². The van der Waals surface area contributed by atoms with Gasteiger partial charge in [-0.15, -0.1) is 0 Å².